The summed E-state index contributed by atoms with van der Waals surface area (Å²) in [7, 11) is 2.12. The van der Waals surface area contributed by atoms with Gasteiger partial charge in [-0.2, -0.15) is 0 Å². The van der Waals surface area contributed by atoms with E-state index < -0.39 is 5.54 Å². The van der Waals surface area contributed by atoms with Crippen molar-refractivity contribution in [1.82, 2.24) is 15.1 Å². The first-order valence-electron chi connectivity index (χ1n) is 7.23. The Bertz CT molecular complexity index is 372. The number of hydrogen-bond acceptors (Lipinski definition) is 3. The van der Waals surface area contributed by atoms with Gasteiger partial charge in [-0.25, -0.2) is 0 Å². The molecule has 5 heteroatoms. The van der Waals surface area contributed by atoms with Gasteiger partial charge in [-0.1, -0.05) is 6.92 Å². The summed E-state index contributed by atoms with van der Waals surface area (Å²) in [4.78, 5) is 28.5. The molecule has 0 aromatic carbocycles. The maximum Gasteiger partial charge on any atom is 0.248 e. The summed E-state index contributed by atoms with van der Waals surface area (Å²) in [6, 6.07) is 0. The topological polar surface area (TPSA) is 52.7 Å². The van der Waals surface area contributed by atoms with Gasteiger partial charge in [-0.05, 0) is 39.3 Å². The Hall–Kier alpha value is -1.10. The summed E-state index contributed by atoms with van der Waals surface area (Å²) < 4.78 is 0. The molecular formula is C14H25N3O2. The van der Waals surface area contributed by atoms with Crippen LogP contribution in [0.15, 0.2) is 0 Å². The van der Waals surface area contributed by atoms with Crippen LogP contribution >= 0.6 is 0 Å². The Morgan fingerprint density at radius 2 is 2.11 bits per heavy atom. The van der Waals surface area contributed by atoms with E-state index in [1.165, 1.54) is 0 Å². The molecule has 2 fully saturated rings. The van der Waals surface area contributed by atoms with E-state index in [9.17, 15) is 9.59 Å². The van der Waals surface area contributed by atoms with E-state index in [-0.39, 0.29) is 11.8 Å². The highest BCUT2D eigenvalue weighted by Crippen LogP contribution is 2.21. The van der Waals surface area contributed by atoms with Gasteiger partial charge < -0.3 is 15.1 Å². The smallest absolute Gasteiger partial charge is 0.248 e. The van der Waals surface area contributed by atoms with E-state index in [2.05, 4.69) is 17.3 Å². The Labute approximate surface area is 115 Å². The molecule has 5 nitrogen and oxygen atoms in total. The third kappa shape index (κ3) is 3.08. The second kappa shape index (κ2) is 5.49. The first kappa shape index (κ1) is 14.3. The lowest BCUT2D eigenvalue weighted by atomic mass is 9.96. The second-order valence-electron chi connectivity index (χ2n) is 6.15. The maximum atomic E-state index is 12.6. The molecule has 1 N–H and O–H groups in total. The number of nitrogens with one attached hydrogen (secondary N) is 1. The summed E-state index contributed by atoms with van der Waals surface area (Å²) >= 11 is 0. The van der Waals surface area contributed by atoms with Crippen molar-refractivity contribution in [1.29, 1.82) is 0 Å². The molecule has 108 valence electrons. The highest BCUT2D eigenvalue weighted by Gasteiger charge is 2.39. The Morgan fingerprint density at radius 3 is 2.68 bits per heavy atom. The van der Waals surface area contributed by atoms with Crippen LogP contribution in [0.3, 0.4) is 0 Å². The lowest BCUT2D eigenvalue weighted by Gasteiger charge is -2.32. The lowest BCUT2D eigenvalue weighted by Crippen LogP contribution is -2.55. The summed E-state index contributed by atoms with van der Waals surface area (Å²) in [6.45, 7) is 7.29. The van der Waals surface area contributed by atoms with Gasteiger partial charge >= 0.3 is 0 Å². The Morgan fingerprint density at radius 1 is 1.37 bits per heavy atom. The van der Waals surface area contributed by atoms with Crippen molar-refractivity contribution in [2.24, 2.45) is 5.92 Å². The van der Waals surface area contributed by atoms with Gasteiger partial charge in [0.05, 0.1) is 0 Å². The molecule has 0 saturated carbocycles. The van der Waals surface area contributed by atoms with Crippen molar-refractivity contribution in [2.45, 2.75) is 38.6 Å². The zero-order chi connectivity index (χ0) is 14.0. The highest BCUT2D eigenvalue weighted by atomic mass is 16.2. The minimum absolute atomic E-state index is 0.0104. The standard InChI is InChI=1S/C14H25N3O2/c1-4-14(2)13(19)17(8-6-12(18)15-14)10-11-5-7-16(3)9-11/h11H,4-10H2,1-3H3,(H,15,18). The van der Waals surface area contributed by atoms with Gasteiger partial charge in [-0.15, -0.1) is 0 Å². The van der Waals surface area contributed by atoms with Crippen LogP contribution in [0.5, 0.6) is 0 Å². The lowest BCUT2D eigenvalue weighted by molar-refractivity contribution is -0.138. The van der Waals surface area contributed by atoms with E-state index in [1.807, 2.05) is 18.7 Å². The largest absolute Gasteiger partial charge is 0.342 e. The summed E-state index contributed by atoms with van der Waals surface area (Å²) in [6.07, 6.45) is 2.20. The molecule has 0 aromatic rings. The van der Waals surface area contributed by atoms with E-state index in [0.717, 1.165) is 26.1 Å². The number of rotatable bonds is 3. The third-order valence-electron chi connectivity index (χ3n) is 4.46. The average molecular weight is 267 g/mol. The molecule has 0 radical (unpaired) electrons. The number of carbonyl (C=O) groups excluding carboxylic acids is 2. The van der Waals surface area contributed by atoms with Gasteiger partial charge in [0.2, 0.25) is 11.8 Å². The quantitative estimate of drug-likeness (QED) is 0.808. The highest BCUT2D eigenvalue weighted by molar-refractivity contribution is 5.93. The van der Waals surface area contributed by atoms with Crippen LogP contribution in [0.4, 0.5) is 0 Å². The fraction of sp³-hybridized carbons (Fsp3) is 0.857. The number of likely N-dealkylation sites (tertiary alicyclic amines) is 1. The maximum absolute atomic E-state index is 12.6. The number of amides is 2. The predicted octanol–water partition coefficient (Wildman–Crippen LogP) is 0.455. The minimum Gasteiger partial charge on any atom is -0.342 e. The van der Waals surface area contributed by atoms with Crippen LogP contribution in [0.25, 0.3) is 0 Å². The molecule has 19 heavy (non-hydrogen) atoms. The van der Waals surface area contributed by atoms with Gasteiger partial charge in [0, 0.05) is 26.1 Å². The van der Waals surface area contributed by atoms with Crippen LogP contribution in [0, 0.1) is 5.92 Å². The first-order valence-corrected chi connectivity index (χ1v) is 7.23. The van der Waals surface area contributed by atoms with Crippen molar-refractivity contribution in [3.63, 3.8) is 0 Å². The van der Waals surface area contributed by atoms with Crippen molar-refractivity contribution < 1.29 is 9.59 Å². The van der Waals surface area contributed by atoms with Gasteiger partial charge in [-0.3, -0.25) is 9.59 Å². The molecule has 2 unspecified atom stereocenters. The van der Waals surface area contributed by atoms with Gasteiger partial charge in [0.25, 0.3) is 0 Å². The van der Waals surface area contributed by atoms with Crippen LogP contribution in [0.1, 0.15) is 33.1 Å². The number of nitrogens with zero attached hydrogens (tertiary/aromatic N) is 2. The molecule has 2 aliphatic heterocycles. The SMILES string of the molecule is CCC1(C)NC(=O)CCN(CC2CCN(C)C2)C1=O. The molecule has 2 atom stereocenters. The fourth-order valence-corrected chi connectivity index (χ4v) is 3.01. The van der Waals surface area contributed by atoms with Crippen molar-refractivity contribution >= 4 is 11.8 Å². The van der Waals surface area contributed by atoms with Crippen molar-refractivity contribution in [3.05, 3.63) is 0 Å². The molecule has 2 saturated heterocycles. The molecule has 0 aromatic heterocycles. The summed E-state index contributed by atoms with van der Waals surface area (Å²) in [5, 5.41) is 2.88. The first-order chi connectivity index (χ1) is 8.94. The van der Waals surface area contributed by atoms with Gasteiger partial charge in [0.15, 0.2) is 0 Å². The van der Waals surface area contributed by atoms with Crippen LogP contribution < -0.4 is 5.32 Å². The average Bonchev–Trinajstić information content (AvgIpc) is 2.74. The molecule has 2 aliphatic rings. The van der Waals surface area contributed by atoms with E-state index in [0.29, 0.717) is 25.3 Å². The predicted molar refractivity (Wildman–Crippen MR) is 73.6 cm³/mol. The monoisotopic (exact) mass is 267 g/mol. The Balaban J connectivity index is 2.06. The fourth-order valence-electron chi connectivity index (χ4n) is 3.01. The van der Waals surface area contributed by atoms with Crippen LogP contribution in [0.2, 0.25) is 0 Å². The zero-order valence-corrected chi connectivity index (χ0v) is 12.2. The van der Waals surface area contributed by atoms with Crippen LogP contribution in [-0.4, -0.2) is 60.4 Å². The van der Waals surface area contributed by atoms with E-state index in [1.54, 1.807) is 0 Å². The normalized spacial score (nSPS) is 33.4. The summed E-state index contributed by atoms with van der Waals surface area (Å²) in [5.74, 6) is 0.613. The molecule has 2 amide bonds. The Kier molecular flexibility index (Phi) is 4.13. The molecular weight excluding hydrogens is 242 g/mol. The second-order valence-corrected chi connectivity index (χ2v) is 6.15. The van der Waals surface area contributed by atoms with Crippen LogP contribution in [-0.2, 0) is 9.59 Å². The van der Waals surface area contributed by atoms with Crippen molar-refractivity contribution in [2.75, 3.05) is 33.2 Å². The zero-order valence-electron chi connectivity index (χ0n) is 12.2. The molecule has 2 heterocycles. The van der Waals surface area contributed by atoms with E-state index >= 15 is 0 Å². The molecule has 0 spiro atoms. The molecule has 2 rings (SSSR count). The molecule has 0 bridgehead atoms. The summed E-state index contributed by atoms with van der Waals surface area (Å²) in [5.41, 5.74) is -0.724. The van der Waals surface area contributed by atoms with Gasteiger partial charge in [0.1, 0.15) is 5.54 Å². The number of carbonyl (C=O) groups is 2. The number of hydrogen-bond donors (Lipinski definition) is 1. The molecule has 0 aliphatic carbocycles. The third-order valence-corrected chi connectivity index (χ3v) is 4.46. The minimum atomic E-state index is -0.724. The van der Waals surface area contributed by atoms with Crippen molar-refractivity contribution in [3.8, 4) is 0 Å². The van der Waals surface area contributed by atoms with E-state index in [4.69, 9.17) is 0 Å².